The first-order chi connectivity index (χ1) is 8.25. The number of carbonyl (C=O) groups excluding carboxylic acids is 1. The summed E-state index contributed by atoms with van der Waals surface area (Å²) in [7, 11) is 0. The molecule has 5 heteroatoms. The van der Waals surface area contributed by atoms with E-state index < -0.39 is 17.0 Å². The fraction of sp³-hybridized carbons (Fsp3) is 0.385. The average Bonchev–Trinajstić information content (AvgIpc) is 2.28. The molecule has 0 aliphatic rings. The zero-order valence-corrected chi connectivity index (χ0v) is 11.4. The van der Waals surface area contributed by atoms with Gasteiger partial charge in [-0.25, -0.2) is 0 Å². The van der Waals surface area contributed by atoms with Crippen LogP contribution in [0.5, 0.6) is 5.75 Å². The van der Waals surface area contributed by atoms with E-state index in [4.69, 9.17) is 5.11 Å². The van der Waals surface area contributed by atoms with E-state index in [0.717, 1.165) is 5.56 Å². The van der Waals surface area contributed by atoms with Crippen LogP contribution in [0.4, 0.5) is 0 Å². The van der Waals surface area contributed by atoms with Crippen LogP contribution >= 0.6 is 12.6 Å². The second-order valence-electron chi connectivity index (χ2n) is 4.37. The SMILES string of the molecule is Cc1cc(C(CC(=O)O)C(=O)S)c(C)c(C)c1O. The lowest BCUT2D eigenvalue weighted by molar-refractivity contribution is -0.138. The monoisotopic (exact) mass is 268 g/mol. The predicted molar refractivity (Wildman–Crippen MR) is 71.3 cm³/mol. The van der Waals surface area contributed by atoms with Gasteiger partial charge in [-0.2, -0.15) is 0 Å². The number of rotatable bonds is 4. The minimum absolute atomic E-state index is 0.178. The number of carbonyl (C=O) groups is 2. The molecule has 1 atom stereocenters. The van der Waals surface area contributed by atoms with Gasteiger partial charge in [0.15, 0.2) is 5.12 Å². The summed E-state index contributed by atoms with van der Waals surface area (Å²) in [6, 6.07) is 1.65. The van der Waals surface area contributed by atoms with Crippen molar-refractivity contribution in [3.63, 3.8) is 0 Å². The number of hydrogen-bond acceptors (Lipinski definition) is 3. The van der Waals surface area contributed by atoms with E-state index in [1.807, 2.05) is 0 Å². The topological polar surface area (TPSA) is 74.6 Å². The van der Waals surface area contributed by atoms with Crippen molar-refractivity contribution in [1.29, 1.82) is 0 Å². The third-order valence-electron chi connectivity index (χ3n) is 3.15. The van der Waals surface area contributed by atoms with Crippen LogP contribution in [0.15, 0.2) is 6.07 Å². The molecular weight excluding hydrogens is 252 g/mol. The number of phenolic OH excluding ortho intramolecular Hbond substituents is 1. The molecule has 0 radical (unpaired) electrons. The van der Waals surface area contributed by atoms with Gasteiger partial charge in [-0.15, -0.1) is 12.6 Å². The summed E-state index contributed by atoms with van der Waals surface area (Å²) < 4.78 is 0. The van der Waals surface area contributed by atoms with Gasteiger partial charge in [-0.05, 0) is 43.0 Å². The molecule has 0 saturated carbocycles. The number of phenols is 1. The molecule has 18 heavy (non-hydrogen) atoms. The molecule has 1 aromatic carbocycles. The van der Waals surface area contributed by atoms with E-state index in [-0.39, 0.29) is 12.2 Å². The lowest BCUT2D eigenvalue weighted by Crippen LogP contribution is -2.14. The minimum atomic E-state index is -1.05. The number of hydrogen-bond donors (Lipinski definition) is 3. The number of aryl methyl sites for hydroxylation is 1. The number of carboxylic acid groups (broad SMARTS) is 1. The van der Waals surface area contributed by atoms with Gasteiger partial charge < -0.3 is 10.2 Å². The van der Waals surface area contributed by atoms with Crippen LogP contribution in [-0.4, -0.2) is 21.3 Å². The molecule has 0 aliphatic carbocycles. The van der Waals surface area contributed by atoms with Gasteiger partial charge in [0.05, 0.1) is 12.3 Å². The van der Waals surface area contributed by atoms with Crippen LogP contribution < -0.4 is 0 Å². The Labute approximate surface area is 111 Å². The van der Waals surface area contributed by atoms with Gasteiger partial charge in [0, 0.05) is 0 Å². The summed E-state index contributed by atoms with van der Waals surface area (Å²) >= 11 is 3.76. The van der Waals surface area contributed by atoms with Gasteiger partial charge in [-0.3, -0.25) is 9.59 Å². The molecule has 1 aromatic rings. The Bertz CT molecular complexity index is 508. The van der Waals surface area contributed by atoms with Crippen molar-refractivity contribution in [1.82, 2.24) is 0 Å². The lowest BCUT2D eigenvalue weighted by Gasteiger charge is -2.18. The van der Waals surface area contributed by atoms with Crippen molar-refractivity contribution < 1.29 is 19.8 Å². The molecule has 4 nitrogen and oxygen atoms in total. The van der Waals surface area contributed by atoms with E-state index in [0.29, 0.717) is 16.7 Å². The van der Waals surface area contributed by atoms with Crippen molar-refractivity contribution in [2.24, 2.45) is 0 Å². The van der Waals surface area contributed by atoms with E-state index in [9.17, 15) is 14.7 Å². The maximum absolute atomic E-state index is 11.5. The first-order valence-electron chi connectivity index (χ1n) is 5.50. The quantitative estimate of drug-likeness (QED) is 0.733. The highest BCUT2D eigenvalue weighted by molar-refractivity contribution is 7.96. The molecule has 1 rings (SSSR count). The summed E-state index contributed by atoms with van der Waals surface area (Å²) in [4.78, 5) is 22.3. The summed E-state index contributed by atoms with van der Waals surface area (Å²) in [5, 5.41) is 18.2. The molecule has 0 bridgehead atoms. The highest BCUT2D eigenvalue weighted by atomic mass is 32.1. The van der Waals surface area contributed by atoms with Crippen molar-refractivity contribution in [3.05, 3.63) is 28.3 Å². The first kappa shape index (κ1) is 14.6. The fourth-order valence-electron chi connectivity index (χ4n) is 1.97. The minimum Gasteiger partial charge on any atom is -0.507 e. The Hall–Kier alpha value is -1.49. The second-order valence-corrected chi connectivity index (χ2v) is 4.81. The Morgan fingerprint density at radius 2 is 1.83 bits per heavy atom. The summed E-state index contributed by atoms with van der Waals surface area (Å²) in [5.74, 6) is -1.66. The van der Waals surface area contributed by atoms with Crippen LogP contribution in [0.2, 0.25) is 0 Å². The molecule has 0 aliphatic heterocycles. The summed E-state index contributed by atoms with van der Waals surface area (Å²) in [5.41, 5.74) is 2.63. The smallest absolute Gasteiger partial charge is 0.304 e. The largest absolute Gasteiger partial charge is 0.507 e. The third-order valence-corrected chi connectivity index (χ3v) is 3.46. The van der Waals surface area contributed by atoms with Crippen molar-refractivity contribution in [2.75, 3.05) is 0 Å². The molecule has 0 heterocycles. The number of carboxylic acids is 1. The summed E-state index contributed by atoms with van der Waals surface area (Å²) in [6.07, 6.45) is -0.299. The second kappa shape index (κ2) is 5.44. The maximum atomic E-state index is 11.5. The van der Waals surface area contributed by atoms with Gasteiger partial charge in [0.1, 0.15) is 5.75 Å². The predicted octanol–water partition coefficient (Wildman–Crippen LogP) is 2.33. The zero-order chi connectivity index (χ0) is 14.0. The van der Waals surface area contributed by atoms with E-state index in [2.05, 4.69) is 12.6 Å². The van der Waals surface area contributed by atoms with E-state index >= 15 is 0 Å². The highest BCUT2D eigenvalue weighted by Gasteiger charge is 2.24. The standard InChI is InChI=1S/C13H16O4S/c1-6-4-9(7(2)8(3)12(6)16)10(13(17)18)5-11(14)15/h4,10,16H,5H2,1-3H3,(H,14,15)(H,17,18). The highest BCUT2D eigenvalue weighted by Crippen LogP contribution is 2.33. The molecule has 0 spiro atoms. The third kappa shape index (κ3) is 2.85. The number of benzene rings is 1. The van der Waals surface area contributed by atoms with Gasteiger partial charge >= 0.3 is 5.97 Å². The number of thiol groups is 1. The van der Waals surface area contributed by atoms with Crippen LogP contribution in [0, 0.1) is 20.8 Å². The fourth-order valence-corrected chi connectivity index (χ4v) is 2.20. The normalized spacial score (nSPS) is 12.2. The maximum Gasteiger partial charge on any atom is 0.304 e. The molecule has 0 aromatic heterocycles. The molecule has 0 amide bonds. The van der Waals surface area contributed by atoms with E-state index in [1.54, 1.807) is 26.8 Å². The van der Waals surface area contributed by atoms with Gasteiger partial charge in [0.2, 0.25) is 0 Å². The Kier molecular flexibility index (Phi) is 4.40. The molecule has 0 saturated heterocycles. The zero-order valence-electron chi connectivity index (χ0n) is 10.5. The number of aromatic hydroxyl groups is 1. The number of aliphatic carboxylic acids is 1. The Balaban J connectivity index is 3.37. The van der Waals surface area contributed by atoms with Crippen LogP contribution in [0.25, 0.3) is 0 Å². The van der Waals surface area contributed by atoms with Gasteiger partial charge in [-0.1, -0.05) is 6.07 Å². The van der Waals surface area contributed by atoms with Crippen LogP contribution in [0.3, 0.4) is 0 Å². The van der Waals surface area contributed by atoms with Crippen LogP contribution in [-0.2, 0) is 9.59 Å². The molecular formula is C13H16O4S. The molecule has 2 N–H and O–H groups in total. The molecule has 1 unspecified atom stereocenters. The first-order valence-corrected chi connectivity index (χ1v) is 5.94. The molecule has 0 fully saturated rings. The van der Waals surface area contributed by atoms with Crippen molar-refractivity contribution >= 4 is 23.7 Å². The lowest BCUT2D eigenvalue weighted by atomic mass is 9.88. The van der Waals surface area contributed by atoms with E-state index in [1.165, 1.54) is 0 Å². The molecule has 98 valence electrons. The Morgan fingerprint density at radius 1 is 1.28 bits per heavy atom. The van der Waals surface area contributed by atoms with Crippen LogP contribution in [0.1, 0.15) is 34.6 Å². The van der Waals surface area contributed by atoms with Gasteiger partial charge in [0.25, 0.3) is 0 Å². The van der Waals surface area contributed by atoms with Crippen molar-refractivity contribution in [3.8, 4) is 5.75 Å². The summed E-state index contributed by atoms with van der Waals surface area (Å²) in [6.45, 7) is 5.21. The Morgan fingerprint density at radius 3 is 2.28 bits per heavy atom. The average molecular weight is 268 g/mol. The van der Waals surface area contributed by atoms with Crippen molar-refractivity contribution in [2.45, 2.75) is 33.1 Å².